The first-order chi connectivity index (χ1) is 34.5. The monoisotopic (exact) mass is 1010 g/mol. The SMILES string of the molecule is CC(=O)O[C@H]1C(=O)[C@@]2(C)[C@H]([C@H](OC(=O)c3ccccc3)C3[C@@H](O)[C@H](OC(=O)[C@H](O)[C@H](C=C(C)C)NC(=O)/C=C/CCCNC(=O)OCC4[C@H]5CCC#CCC[C@@H]45)C(C)=C1C3(C)C)[C@]1(OC(C)=O)CO[C@@H]1C[C@@H]2O. The third kappa shape index (κ3) is 11.2. The molecule has 73 heavy (non-hydrogen) atoms. The van der Waals surface area contributed by atoms with Gasteiger partial charge in [-0.1, -0.05) is 49.8 Å². The molecule has 3 saturated carbocycles. The summed E-state index contributed by atoms with van der Waals surface area (Å²) in [6.45, 7) is 12.2. The number of Topliss-reactive ketones (excluding diaryl/α,β-unsaturated/α-hetero) is 1. The molecular formula is C55H70N2O16. The predicted molar refractivity (Wildman–Crippen MR) is 260 cm³/mol. The maximum Gasteiger partial charge on any atom is 0.407 e. The number of carbonyl (C=O) groups excluding carboxylic acids is 7. The number of hydrogen-bond acceptors (Lipinski definition) is 16. The van der Waals surface area contributed by atoms with Crippen LogP contribution in [0.3, 0.4) is 0 Å². The van der Waals surface area contributed by atoms with Crippen molar-refractivity contribution in [3.63, 3.8) is 0 Å². The van der Waals surface area contributed by atoms with E-state index in [1.54, 1.807) is 52.0 Å². The second-order valence-electron chi connectivity index (χ2n) is 21.4. The van der Waals surface area contributed by atoms with Crippen molar-refractivity contribution in [3.05, 3.63) is 70.8 Å². The van der Waals surface area contributed by atoms with E-state index in [4.69, 9.17) is 28.4 Å². The van der Waals surface area contributed by atoms with Gasteiger partial charge >= 0.3 is 30.0 Å². The van der Waals surface area contributed by atoms with Crippen LogP contribution in [-0.2, 0) is 52.4 Å². The second kappa shape index (κ2) is 22.3. The molecule has 6 aliphatic rings. The smallest absolute Gasteiger partial charge is 0.407 e. The number of ether oxygens (including phenoxy) is 6. The van der Waals surface area contributed by atoms with Crippen LogP contribution in [0.2, 0.25) is 0 Å². The predicted octanol–water partition coefficient (Wildman–Crippen LogP) is 4.37. The Morgan fingerprint density at radius 1 is 0.932 bits per heavy atom. The first-order valence-electron chi connectivity index (χ1n) is 25.3. The molecule has 1 aromatic carbocycles. The highest BCUT2D eigenvalue weighted by atomic mass is 16.6. The number of benzene rings is 1. The number of rotatable bonds is 16. The number of amides is 2. The van der Waals surface area contributed by atoms with Gasteiger partial charge in [0.15, 0.2) is 23.6 Å². The van der Waals surface area contributed by atoms with Crippen LogP contribution in [0.1, 0.15) is 111 Å². The van der Waals surface area contributed by atoms with Crippen LogP contribution in [0.15, 0.2) is 65.3 Å². The van der Waals surface area contributed by atoms with Crippen LogP contribution in [0.25, 0.3) is 0 Å². The highest BCUT2D eigenvalue weighted by molar-refractivity contribution is 5.95. The molecule has 1 aliphatic heterocycles. The van der Waals surface area contributed by atoms with Gasteiger partial charge in [-0.2, -0.15) is 0 Å². The van der Waals surface area contributed by atoms with Crippen LogP contribution in [-0.4, -0.2) is 131 Å². The molecular weight excluding hydrogens is 945 g/mol. The topological polar surface area (TPSA) is 260 Å². The molecule has 18 heteroatoms. The lowest BCUT2D eigenvalue weighted by Crippen LogP contribution is -2.80. The van der Waals surface area contributed by atoms with Gasteiger partial charge < -0.3 is 54.4 Å². The Hall–Kier alpha value is -5.87. The first-order valence-corrected chi connectivity index (χ1v) is 25.3. The lowest BCUT2D eigenvalue weighted by molar-refractivity contribution is -0.337. The zero-order valence-electron chi connectivity index (χ0n) is 42.8. The van der Waals surface area contributed by atoms with Gasteiger partial charge in [0.2, 0.25) is 5.91 Å². The molecule has 18 nitrogen and oxygen atoms in total. The van der Waals surface area contributed by atoms with Crippen LogP contribution in [0.4, 0.5) is 4.79 Å². The minimum Gasteiger partial charge on any atom is -0.458 e. The third-order valence-electron chi connectivity index (χ3n) is 16.0. The molecule has 4 fully saturated rings. The van der Waals surface area contributed by atoms with Gasteiger partial charge in [0.05, 0.1) is 42.3 Å². The number of alkyl carbamates (subject to hydrolysis) is 1. The summed E-state index contributed by atoms with van der Waals surface area (Å²) >= 11 is 0. The number of aliphatic hydroxyl groups is 3. The van der Waals surface area contributed by atoms with Gasteiger partial charge in [0.1, 0.15) is 24.4 Å². The summed E-state index contributed by atoms with van der Waals surface area (Å²) in [5.41, 5.74) is -4.32. The molecule has 1 aromatic rings. The summed E-state index contributed by atoms with van der Waals surface area (Å²) in [6, 6.07) is 6.55. The van der Waals surface area contributed by atoms with Crippen molar-refractivity contribution in [1.29, 1.82) is 0 Å². The Labute approximate surface area is 426 Å². The Bertz CT molecular complexity index is 2450. The van der Waals surface area contributed by atoms with E-state index in [0.717, 1.165) is 39.5 Å². The van der Waals surface area contributed by atoms with Crippen LogP contribution in [0, 0.1) is 52.3 Å². The molecule has 15 atom stereocenters. The standard InChI is InChI=1S/C55H70N2O16/c1-29(2)25-37(57-40(61)23-17-12-18-24-56-52(67)68-27-36-34-21-15-9-10-16-22-35(34)36)43(62)51(66)71-45-30(3)41-47(70-31(4)58)49(64)54(8)38(60)26-39-55(28-69-39,73-32(5)59)48(54)46(42(44(45)63)53(41,6)7)72-50(65)33-19-13-11-14-20-33/h11,13-14,17,19-20,23,25,34-39,42-48,60,62-63H,12,15-16,18,21-22,24,26-28H2,1-8H3,(H,56,67)(H,57,61)/b23-17+/t34-,35+,36?,37-,38-,39+,42?,43+,44+,45+,46+,47+,48-,54+,55-/m0/s1. The second-order valence-corrected chi connectivity index (χ2v) is 21.4. The fourth-order valence-corrected chi connectivity index (χ4v) is 12.5. The maximum atomic E-state index is 15.5. The lowest BCUT2D eigenvalue weighted by Gasteiger charge is -2.66. The average Bonchev–Trinajstić information content (AvgIpc) is 3.97. The number of carbonyl (C=O) groups is 7. The van der Waals surface area contributed by atoms with E-state index in [0.29, 0.717) is 49.3 Å². The van der Waals surface area contributed by atoms with E-state index in [9.17, 15) is 44.1 Å². The number of hydrogen-bond donors (Lipinski definition) is 5. The van der Waals surface area contributed by atoms with Crippen molar-refractivity contribution in [2.45, 2.75) is 155 Å². The molecule has 2 amide bonds. The normalized spacial score (nSPS) is 33.5. The van der Waals surface area contributed by atoms with Crippen molar-refractivity contribution < 1.29 is 77.3 Å². The van der Waals surface area contributed by atoms with Gasteiger partial charge in [-0.3, -0.25) is 19.2 Å². The summed E-state index contributed by atoms with van der Waals surface area (Å²) in [5, 5.41) is 41.9. The number of esters is 4. The Balaban J connectivity index is 1.12. The van der Waals surface area contributed by atoms with Crippen LogP contribution < -0.4 is 10.6 Å². The summed E-state index contributed by atoms with van der Waals surface area (Å²) in [6.07, 6.45) is -3.24. The van der Waals surface area contributed by atoms with E-state index in [1.807, 2.05) is 0 Å². The minimum absolute atomic E-state index is 0.0735. The molecule has 1 heterocycles. The van der Waals surface area contributed by atoms with Crippen molar-refractivity contribution in [3.8, 4) is 11.8 Å². The number of aliphatic hydroxyl groups excluding tert-OH is 3. The number of nitrogens with one attached hydrogen (secondary N) is 2. The summed E-state index contributed by atoms with van der Waals surface area (Å²) in [7, 11) is 0. The fourth-order valence-electron chi connectivity index (χ4n) is 12.5. The number of allylic oxidation sites excluding steroid dienone is 2. The van der Waals surface area contributed by atoms with Crippen molar-refractivity contribution in [2.24, 2.45) is 40.4 Å². The van der Waals surface area contributed by atoms with Gasteiger partial charge in [-0.15, -0.1) is 11.8 Å². The molecule has 7 rings (SSSR count). The van der Waals surface area contributed by atoms with Gasteiger partial charge in [-0.05, 0) is 106 Å². The molecule has 2 bridgehead atoms. The lowest BCUT2D eigenvalue weighted by atomic mass is 9.45. The zero-order valence-corrected chi connectivity index (χ0v) is 42.8. The number of ketones is 1. The van der Waals surface area contributed by atoms with Crippen molar-refractivity contribution in [1.82, 2.24) is 10.6 Å². The van der Waals surface area contributed by atoms with E-state index in [-0.39, 0.29) is 29.7 Å². The largest absolute Gasteiger partial charge is 0.458 e. The zero-order chi connectivity index (χ0) is 53.2. The summed E-state index contributed by atoms with van der Waals surface area (Å²) in [5.74, 6) is -0.326. The minimum atomic E-state index is -2.07. The van der Waals surface area contributed by atoms with Crippen molar-refractivity contribution in [2.75, 3.05) is 19.8 Å². The molecule has 5 N–H and O–H groups in total. The third-order valence-corrected chi connectivity index (χ3v) is 16.0. The molecule has 0 radical (unpaired) electrons. The van der Waals surface area contributed by atoms with Crippen LogP contribution >= 0.6 is 0 Å². The van der Waals surface area contributed by atoms with Crippen molar-refractivity contribution >= 4 is 41.7 Å². The Morgan fingerprint density at radius 3 is 2.21 bits per heavy atom. The van der Waals surface area contributed by atoms with Gasteiger partial charge in [-0.25, -0.2) is 14.4 Å². The summed E-state index contributed by atoms with van der Waals surface area (Å²) in [4.78, 5) is 95.8. The maximum absolute atomic E-state index is 15.5. The number of unbranched alkanes of at least 4 members (excludes halogenated alkanes) is 1. The highest BCUT2D eigenvalue weighted by Gasteiger charge is 2.76. The van der Waals surface area contributed by atoms with E-state index < -0.39 is 119 Å². The molecule has 2 unspecified atom stereocenters. The fraction of sp³-hybridized carbons (Fsp3) is 0.618. The molecule has 5 aliphatic carbocycles. The Kier molecular flexibility index (Phi) is 16.8. The van der Waals surface area contributed by atoms with Crippen LogP contribution in [0.5, 0.6) is 0 Å². The summed E-state index contributed by atoms with van der Waals surface area (Å²) < 4.78 is 35.8. The highest BCUT2D eigenvalue weighted by Crippen LogP contribution is 2.63. The van der Waals surface area contributed by atoms with E-state index in [1.165, 1.54) is 38.1 Å². The van der Waals surface area contributed by atoms with Gasteiger partial charge in [0.25, 0.3) is 0 Å². The molecule has 0 aromatic heterocycles. The molecule has 0 spiro atoms. The van der Waals surface area contributed by atoms with Gasteiger partial charge in [0, 0.05) is 45.6 Å². The average molecular weight is 1020 g/mol. The molecule has 396 valence electrons. The first kappa shape index (κ1) is 54.9. The molecule has 1 saturated heterocycles. The Morgan fingerprint density at radius 2 is 1.60 bits per heavy atom. The van der Waals surface area contributed by atoms with E-state index in [2.05, 4.69) is 22.5 Å². The van der Waals surface area contributed by atoms with E-state index >= 15 is 4.79 Å². The number of fused-ring (bicyclic) bond motifs is 6. The quantitative estimate of drug-likeness (QED) is 0.0385.